The predicted molar refractivity (Wildman–Crippen MR) is 82.6 cm³/mol. The van der Waals surface area contributed by atoms with Crippen molar-refractivity contribution in [3.63, 3.8) is 0 Å². The Kier molecular flexibility index (Phi) is 3.04. The van der Waals surface area contributed by atoms with Crippen molar-refractivity contribution in [1.29, 1.82) is 0 Å². The van der Waals surface area contributed by atoms with E-state index in [9.17, 15) is 5.11 Å². The van der Waals surface area contributed by atoms with Gasteiger partial charge in [0.25, 0.3) is 0 Å². The molecule has 2 aliphatic rings. The van der Waals surface area contributed by atoms with Gasteiger partial charge in [-0.1, -0.05) is 0 Å². The molecule has 0 unspecified atom stereocenters. The van der Waals surface area contributed by atoms with Crippen molar-refractivity contribution in [1.82, 2.24) is 9.88 Å². The van der Waals surface area contributed by atoms with Crippen molar-refractivity contribution in [2.24, 2.45) is 0 Å². The minimum atomic E-state index is 0.223. The van der Waals surface area contributed by atoms with Crippen molar-refractivity contribution in [3.05, 3.63) is 40.6 Å². The molecule has 5 heteroatoms. The van der Waals surface area contributed by atoms with Crippen LogP contribution in [0.3, 0.4) is 0 Å². The van der Waals surface area contributed by atoms with Gasteiger partial charge in [-0.15, -0.1) is 0 Å². The Balaban J connectivity index is 1.74. The highest BCUT2D eigenvalue weighted by atomic mass is 16.5. The Hall–Kier alpha value is -2.14. The van der Waals surface area contributed by atoms with Crippen LogP contribution in [0.25, 0.3) is 0 Å². The number of methoxy groups -OCH3 is 2. The Morgan fingerprint density at radius 1 is 1.18 bits per heavy atom. The summed E-state index contributed by atoms with van der Waals surface area (Å²) in [6, 6.07) is 6.26. The number of phenols is 1. The third kappa shape index (κ3) is 1.96. The van der Waals surface area contributed by atoms with E-state index < -0.39 is 0 Å². The molecule has 0 bridgehead atoms. The Bertz CT molecular complexity index is 723. The summed E-state index contributed by atoms with van der Waals surface area (Å²) in [7, 11) is 3.28. The van der Waals surface area contributed by atoms with Crippen LogP contribution < -0.4 is 9.47 Å². The number of phenolic OH excluding ortho intramolecular Hbond substituents is 1. The van der Waals surface area contributed by atoms with Crippen molar-refractivity contribution in [2.75, 3.05) is 20.8 Å². The maximum Gasteiger partial charge on any atom is 0.190 e. The van der Waals surface area contributed by atoms with E-state index in [2.05, 4.69) is 16.0 Å². The number of nitrogens with zero attached hydrogens (tertiary/aromatic N) is 1. The lowest BCUT2D eigenvalue weighted by Gasteiger charge is -2.40. The predicted octanol–water partition coefficient (Wildman–Crippen LogP) is 2.39. The number of aromatic nitrogens is 1. The van der Waals surface area contributed by atoms with E-state index >= 15 is 0 Å². The van der Waals surface area contributed by atoms with Crippen LogP contribution >= 0.6 is 0 Å². The van der Waals surface area contributed by atoms with Crippen molar-refractivity contribution < 1.29 is 14.6 Å². The van der Waals surface area contributed by atoms with Gasteiger partial charge < -0.3 is 19.6 Å². The van der Waals surface area contributed by atoms with Crippen LogP contribution in [-0.2, 0) is 19.4 Å². The quantitative estimate of drug-likeness (QED) is 0.894. The molecule has 0 saturated carbocycles. The molecule has 4 rings (SSSR count). The zero-order chi connectivity index (χ0) is 15.3. The highest BCUT2D eigenvalue weighted by molar-refractivity contribution is 5.49. The van der Waals surface area contributed by atoms with E-state index in [1.54, 1.807) is 14.2 Å². The number of H-pyrrole nitrogens is 1. The molecule has 5 nitrogen and oxygen atoms in total. The number of aromatic hydroxyl groups is 1. The molecule has 2 aliphatic heterocycles. The molecule has 0 aliphatic carbocycles. The van der Waals surface area contributed by atoms with E-state index in [0.717, 1.165) is 31.8 Å². The van der Waals surface area contributed by atoms with Crippen LogP contribution in [0.5, 0.6) is 17.4 Å². The van der Waals surface area contributed by atoms with Crippen LogP contribution in [0.1, 0.15) is 28.4 Å². The minimum Gasteiger partial charge on any atom is -0.504 e. The lowest BCUT2D eigenvalue weighted by atomic mass is 9.86. The van der Waals surface area contributed by atoms with Crippen LogP contribution in [0.2, 0.25) is 0 Å². The molecule has 116 valence electrons. The number of ether oxygens (including phenoxy) is 2. The van der Waals surface area contributed by atoms with Gasteiger partial charge in [0.2, 0.25) is 0 Å². The Labute approximate surface area is 129 Å². The molecular weight excluding hydrogens is 280 g/mol. The number of rotatable bonds is 2. The van der Waals surface area contributed by atoms with Gasteiger partial charge in [-0.3, -0.25) is 4.90 Å². The van der Waals surface area contributed by atoms with Crippen molar-refractivity contribution >= 4 is 0 Å². The molecule has 0 saturated heterocycles. The lowest BCUT2D eigenvalue weighted by Crippen LogP contribution is -2.39. The third-order valence-corrected chi connectivity index (χ3v) is 4.87. The fraction of sp³-hybridized carbons (Fsp3) is 0.412. The Morgan fingerprint density at radius 3 is 2.82 bits per heavy atom. The van der Waals surface area contributed by atoms with Gasteiger partial charge in [-0.25, -0.2) is 0 Å². The summed E-state index contributed by atoms with van der Waals surface area (Å²) in [5.74, 6) is 1.61. The monoisotopic (exact) mass is 300 g/mol. The maximum atomic E-state index is 10.1. The number of hydrogen-bond acceptors (Lipinski definition) is 4. The van der Waals surface area contributed by atoms with Gasteiger partial charge in [-0.2, -0.15) is 0 Å². The highest BCUT2D eigenvalue weighted by Crippen LogP contribution is 2.42. The number of aromatic amines is 1. The SMILES string of the molecule is COc1cc2c([nH]1)CN1CCc3cc(OC)c(O)cc3[C@@H]1C2. The van der Waals surface area contributed by atoms with Crippen LogP contribution in [0.4, 0.5) is 0 Å². The molecule has 3 heterocycles. The van der Waals surface area contributed by atoms with Crippen LogP contribution in [0.15, 0.2) is 18.2 Å². The molecule has 0 fully saturated rings. The second-order valence-corrected chi connectivity index (χ2v) is 6.00. The fourth-order valence-electron chi connectivity index (χ4n) is 3.72. The first-order valence-electron chi connectivity index (χ1n) is 7.58. The summed E-state index contributed by atoms with van der Waals surface area (Å²) < 4.78 is 10.5. The molecule has 1 aromatic carbocycles. The van der Waals surface area contributed by atoms with Crippen molar-refractivity contribution in [3.8, 4) is 17.4 Å². The fourth-order valence-corrected chi connectivity index (χ4v) is 3.72. The average Bonchev–Trinajstić information content (AvgIpc) is 2.94. The second-order valence-electron chi connectivity index (χ2n) is 6.00. The van der Waals surface area contributed by atoms with Gasteiger partial charge in [0, 0.05) is 30.9 Å². The maximum absolute atomic E-state index is 10.1. The number of nitrogens with one attached hydrogen (secondary N) is 1. The standard InChI is InChI=1S/C17H20N2O3/c1-21-16-6-10-3-4-19-9-13-11(7-17(18-13)22-2)5-14(19)12(10)8-15(16)20/h6-8,14,18,20H,3-5,9H2,1-2H3/t14-/m0/s1. The summed E-state index contributed by atoms with van der Waals surface area (Å²) in [6.07, 6.45) is 1.92. The normalized spacial score (nSPS) is 20.0. The number of fused-ring (bicyclic) bond motifs is 4. The number of benzene rings is 1. The molecule has 0 radical (unpaired) electrons. The van der Waals surface area contributed by atoms with Crippen LogP contribution in [0, 0.1) is 0 Å². The van der Waals surface area contributed by atoms with Crippen molar-refractivity contribution in [2.45, 2.75) is 25.4 Å². The van der Waals surface area contributed by atoms with Gasteiger partial charge >= 0.3 is 0 Å². The largest absolute Gasteiger partial charge is 0.504 e. The van der Waals surface area contributed by atoms with E-state index in [1.165, 1.54) is 22.4 Å². The molecule has 0 amide bonds. The summed E-state index contributed by atoms with van der Waals surface area (Å²) in [4.78, 5) is 5.80. The summed E-state index contributed by atoms with van der Waals surface area (Å²) in [5, 5.41) is 10.1. The first kappa shape index (κ1) is 13.5. The Morgan fingerprint density at radius 2 is 2.05 bits per heavy atom. The van der Waals surface area contributed by atoms with E-state index in [4.69, 9.17) is 9.47 Å². The average molecular weight is 300 g/mol. The first-order valence-corrected chi connectivity index (χ1v) is 7.58. The van der Waals surface area contributed by atoms with Gasteiger partial charge in [-0.05, 0) is 41.7 Å². The third-order valence-electron chi connectivity index (χ3n) is 4.87. The molecule has 1 aromatic heterocycles. The topological polar surface area (TPSA) is 57.7 Å². The van der Waals surface area contributed by atoms with E-state index in [1.807, 2.05) is 12.1 Å². The molecule has 22 heavy (non-hydrogen) atoms. The number of hydrogen-bond donors (Lipinski definition) is 2. The van der Waals surface area contributed by atoms with Crippen LogP contribution in [-0.4, -0.2) is 35.8 Å². The van der Waals surface area contributed by atoms with Gasteiger partial charge in [0.15, 0.2) is 17.4 Å². The lowest BCUT2D eigenvalue weighted by molar-refractivity contribution is 0.158. The molecule has 0 spiro atoms. The van der Waals surface area contributed by atoms with E-state index in [-0.39, 0.29) is 5.75 Å². The molecule has 2 aromatic rings. The molecular formula is C17H20N2O3. The smallest absolute Gasteiger partial charge is 0.190 e. The zero-order valence-electron chi connectivity index (χ0n) is 12.8. The summed E-state index contributed by atoms with van der Waals surface area (Å²) >= 11 is 0. The van der Waals surface area contributed by atoms with E-state index in [0.29, 0.717) is 11.8 Å². The second kappa shape index (κ2) is 4.95. The molecule has 1 atom stereocenters. The minimum absolute atomic E-state index is 0.223. The zero-order valence-corrected chi connectivity index (χ0v) is 12.8. The first-order chi connectivity index (χ1) is 10.7. The summed E-state index contributed by atoms with van der Waals surface area (Å²) in [6.45, 7) is 1.92. The van der Waals surface area contributed by atoms with Gasteiger partial charge in [0.1, 0.15) is 0 Å². The molecule has 2 N–H and O–H groups in total. The van der Waals surface area contributed by atoms with Gasteiger partial charge in [0.05, 0.1) is 14.2 Å². The summed E-state index contributed by atoms with van der Waals surface area (Å²) in [5.41, 5.74) is 5.05. The highest BCUT2D eigenvalue weighted by Gasteiger charge is 2.33.